The van der Waals surface area contributed by atoms with E-state index >= 15 is 0 Å². The summed E-state index contributed by atoms with van der Waals surface area (Å²) in [6.07, 6.45) is 0.742. The molecule has 1 nitrogen and oxygen atoms in total. The molecule has 2 aromatic carbocycles. The van der Waals surface area contributed by atoms with Crippen LogP contribution in [-0.2, 0) is 6.42 Å². The summed E-state index contributed by atoms with van der Waals surface area (Å²) >= 11 is 7.73. The second kappa shape index (κ2) is 5.90. The van der Waals surface area contributed by atoms with Crippen LogP contribution in [0.15, 0.2) is 48.5 Å². The molecule has 1 heterocycles. The van der Waals surface area contributed by atoms with Crippen molar-refractivity contribution in [2.75, 3.05) is 5.88 Å². The lowest BCUT2D eigenvalue weighted by atomic mass is 9.98. The Hall–Kier alpha value is -1.45. The average molecular weight is 306 g/mol. The van der Waals surface area contributed by atoms with Gasteiger partial charge >= 0.3 is 0 Å². The third-order valence-corrected chi connectivity index (χ3v) is 4.70. The van der Waals surface area contributed by atoms with Gasteiger partial charge in [0.15, 0.2) is 0 Å². The number of nitrogens with zero attached hydrogens (tertiary/aromatic N) is 1. The van der Waals surface area contributed by atoms with Gasteiger partial charge in [0, 0.05) is 18.2 Å². The Kier molecular flexibility index (Phi) is 3.99. The fourth-order valence-corrected chi connectivity index (χ4v) is 3.57. The predicted octanol–water partition coefficient (Wildman–Crippen LogP) is 5.00. The molecule has 0 N–H and O–H groups in total. The molecule has 0 saturated heterocycles. The summed E-state index contributed by atoms with van der Waals surface area (Å²) in [5, 5.41) is 1.04. The summed E-state index contributed by atoms with van der Waals surface area (Å²) < 4.78 is 14.5. The van der Waals surface area contributed by atoms with Gasteiger partial charge in [0.1, 0.15) is 5.82 Å². The van der Waals surface area contributed by atoms with Gasteiger partial charge in [0.05, 0.1) is 15.2 Å². The molecule has 0 aliphatic heterocycles. The second-order valence-electron chi connectivity index (χ2n) is 4.69. The normalized spacial score (nSPS) is 12.7. The van der Waals surface area contributed by atoms with E-state index in [0.717, 1.165) is 22.5 Å². The van der Waals surface area contributed by atoms with Crippen molar-refractivity contribution in [3.63, 3.8) is 0 Å². The van der Waals surface area contributed by atoms with E-state index in [4.69, 9.17) is 11.6 Å². The van der Waals surface area contributed by atoms with Gasteiger partial charge in [-0.05, 0) is 29.8 Å². The smallest absolute Gasteiger partial charge is 0.123 e. The van der Waals surface area contributed by atoms with Crippen LogP contribution < -0.4 is 0 Å². The number of fused-ring (bicyclic) bond motifs is 1. The van der Waals surface area contributed by atoms with Crippen molar-refractivity contribution in [1.82, 2.24) is 4.98 Å². The van der Waals surface area contributed by atoms with E-state index in [0.29, 0.717) is 5.88 Å². The van der Waals surface area contributed by atoms with E-state index < -0.39 is 0 Å². The summed E-state index contributed by atoms with van der Waals surface area (Å²) in [7, 11) is 0. The Morgan fingerprint density at radius 1 is 1.15 bits per heavy atom. The zero-order chi connectivity index (χ0) is 13.9. The maximum absolute atomic E-state index is 13.3. The van der Waals surface area contributed by atoms with Crippen LogP contribution in [0, 0.1) is 5.82 Å². The summed E-state index contributed by atoms with van der Waals surface area (Å²) in [6.45, 7) is 0. The number of halogens is 2. The molecule has 1 aromatic heterocycles. The first-order chi connectivity index (χ1) is 9.76. The van der Waals surface area contributed by atoms with Crippen molar-refractivity contribution in [2.45, 2.75) is 12.3 Å². The minimum atomic E-state index is -0.220. The van der Waals surface area contributed by atoms with Gasteiger partial charge in [0.25, 0.3) is 0 Å². The Labute approximate surface area is 126 Å². The molecular weight excluding hydrogens is 293 g/mol. The highest BCUT2D eigenvalue weighted by molar-refractivity contribution is 7.18. The zero-order valence-electron chi connectivity index (χ0n) is 10.7. The molecule has 0 spiro atoms. The third kappa shape index (κ3) is 2.84. The lowest BCUT2D eigenvalue weighted by Crippen LogP contribution is -2.04. The van der Waals surface area contributed by atoms with Crippen LogP contribution in [0.2, 0.25) is 0 Å². The van der Waals surface area contributed by atoms with E-state index in [1.165, 1.54) is 10.8 Å². The minimum Gasteiger partial charge on any atom is -0.241 e. The van der Waals surface area contributed by atoms with Crippen molar-refractivity contribution in [2.24, 2.45) is 0 Å². The highest BCUT2D eigenvalue weighted by Gasteiger charge is 2.14. The first-order valence-corrected chi connectivity index (χ1v) is 7.77. The molecule has 0 saturated carbocycles. The third-order valence-electron chi connectivity index (χ3n) is 3.27. The van der Waals surface area contributed by atoms with Crippen LogP contribution in [0.5, 0.6) is 0 Å². The number of hydrogen-bond donors (Lipinski definition) is 0. The fourth-order valence-electron chi connectivity index (χ4n) is 2.24. The molecule has 102 valence electrons. The molecule has 0 aliphatic rings. The molecule has 4 heteroatoms. The van der Waals surface area contributed by atoms with E-state index in [1.807, 2.05) is 24.3 Å². The number of aromatic nitrogens is 1. The van der Waals surface area contributed by atoms with Crippen molar-refractivity contribution in [3.05, 3.63) is 64.9 Å². The van der Waals surface area contributed by atoms with Crippen LogP contribution in [0.25, 0.3) is 10.2 Å². The number of rotatable bonds is 4. The first-order valence-electron chi connectivity index (χ1n) is 6.42. The molecule has 0 bridgehead atoms. The number of alkyl halides is 1. The molecule has 0 amide bonds. The van der Waals surface area contributed by atoms with E-state index in [-0.39, 0.29) is 11.7 Å². The van der Waals surface area contributed by atoms with Crippen molar-refractivity contribution in [1.29, 1.82) is 0 Å². The van der Waals surface area contributed by atoms with Crippen molar-refractivity contribution >= 4 is 33.2 Å². The quantitative estimate of drug-likeness (QED) is 0.618. The second-order valence-corrected chi connectivity index (χ2v) is 6.11. The van der Waals surface area contributed by atoms with Crippen molar-refractivity contribution in [3.8, 4) is 0 Å². The van der Waals surface area contributed by atoms with Gasteiger partial charge in [-0.3, -0.25) is 0 Å². The average Bonchev–Trinajstić information content (AvgIpc) is 2.87. The monoisotopic (exact) mass is 305 g/mol. The van der Waals surface area contributed by atoms with Crippen LogP contribution in [-0.4, -0.2) is 10.9 Å². The zero-order valence-corrected chi connectivity index (χ0v) is 12.3. The molecule has 1 unspecified atom stereocenters. The SMILES string of the molecule is Fc1cccc(C(CCl)Cc2nc3ccccc3s2)c1. The van der Waals surface area contributed by atoms with Gasteiger partial charge in [0.2, 0.25) is 0 Å². The lowest BCUT2D eigenvalue weighted by molar-refractivity contribution is 0.621. The summed E-state index contributed by atoms with van der Waals surface area (Å²) in [5.41, 5.74) is 1.94. The largest absolute Gasteiger partial charge is 0.241 e. The Morgan fingerprint density at radius 3 is 2.75 bits per heavy atom. The molecule has 0 aliphatic carbocycles. The maximum Gasteiger partial charge on any atom is 0.123 e. The van der Waals surface area contributed by atoms with Gasteiger partial charge in [-0.25, -0.2) is 9.37 Å². The predicted molar refractivity (Wildman–Crippen MR) is 83.2 cm³/mol. The van der Waals surface area contributed by atoms with Crippen LogP contribution in [0.3, 0.4) is 0 Å². The number of thiazole rings is 1. The molecule has 0 fully saturated rings. The fraction of sp³-hybridized carbons (Fsp3) is 0.188. The maximum atomic E-state index is 13.3. The number of para-hydroxylation sites is 1. The Balaban J connectivity index is 1.87. The lowest BCUT2D eigenvalue weighted by Gasteiger charge is -2.12. The standard InChI is InChI=1S/C16H13ClFNS/c17-10-12(11-4-3-5-13(18)8-11)9-16-19-14-6-1-2-7-15(14)20-16/h1-8,12H,9-10H2. The van der Waals surface area contributed by atoms with E-state index in [2.05, 4.69) is 11.1 Å². The van der Waals surface area contributed by atoms with Crippen LogP contribution in [0.1, 0.15) is 16.5 Å². The molecule has 20 heavy (non-hydrogen) atoms. The van der Waals surface area contributed by atoms with Crippen LogP contribution >= 0.6 is 22.9 Å². The number of benzene rings is 2. The molecule has 3 rings (SSSR count). The van der Waals surface area contributed by atoms with Gasteiger partial charge in [-0.2, -0.15) is 0 Å². The summed E-state index contributed by atoms with van der Waals surface area (Å²) in [4.78, 5) is 4.61. The Morgan fingerprint density at radius 2 is 2.00 bits per heavy atom. The van der Waals surface area contributed by atoms with Gasteiger partial charge < -0.3 is 0 Å². The number of hydrogen-bond acceptors (Lipinski definition) is 2. The highest BCUT2D eigenvalue weighted by atomic mass is 35.5. The van der Waals surface area contributed by atoms with E-state index in [9.17, 15) is 4.39 Å². The first kappa shape index (κ1) is 13.5. The Bertz CT molecular complexity index is 692. The molecule has 3 aromatic rings. The minimum absolute atomic E-state index is 0.0907. The topological polar surface area (TPSA) is 12.9 Å². The summed E-state index contributed by atoms with van der Waals surface area (Å²) in [5.74, 6) is 0.328. The molecule has 1 atom stereocenters. The van der Waals surface area contributed by atoms with Gasteiger partial charge in [-0.1, -0.05) is 24.3 Å². The van der Waals surface area contributed by atoms with E-state index in [1.54, 1.807) is 23.5 Å². The summed E-state index contributed by atoms with van der Waals surface area (Å²) in [6, 6.07) is 14.7. The van der Waals surface area contributed by atoms with Gasteiger partial charge in [-0.15, -0.1) is 22.9 Å². The molecular formula is C16H13ClFNS. The highest BCUT2D eigenvalue weighted by Crippen LogP contribution is 2.28. The molecule has 0 radical (unpaired) electrons. The van der Waals surface area contributed by atoms with Crippen LogP contribution in [0.4, 0.5) is 4.39 Å². The van der Waals surface area contributed by atoms with Crippen molar-refractivity contribution < 1.29 is 4.39 Å².